The van der Waals surface area contributed by atoms with Crippen molar-refractivity contribution < 1.29 is 67.2 Å². The van der Waals surface area contributed by atoms with Crippen molar-refractivity contribution in [2.45, 2.75) is 153 Å². The van der Waals surface area contributed by atoms with Gasteiger partial charge in [-0.3, -0.25) is 28.8 Å². The first-order valence-corrected chi connectivity index (χ1v) is 22.9. The van der Waals surface area contributed by atoms with E-state index in [1.54, 1.807) is 0 Å². The summed E-state index contributed by atoms with van der Waals surface area (Å²) in [5.74, 6) is -8.41. The minimum atomic E-state index is -5.04. The van der Waals surface area contributed by atoms with Crippen molar-refractivity contribution >= 4 is 41.4 Å². The molecule has 1 aliphatic rings. The molecule has 20 heteroatoms. The van der Waals surface area contributed by atoms with Gasteiger partial charge in [0.15, 0.2) is 0 Å². The average Bonchev–Trinajstić information content (AvgIpc) is 3.26. The summed E-state index contributed by atoms with van der Waals surface area (Å²) < 4.78 is 41.4. The van der Waals surface area contributed by atoms with Crippen molar-refractivity contribution in [1.29, 1.82) is 0 Å². The molecule has 4 bridgehead atoms. The third-order valence-electron chi connectivity index (χ3n) is 11.8. The van der Waals surface area contributed by atoms with Crippen LogP contribution in [0, 0.1) is 0 Å². The maximum Gasteiger partial charge on any atom is 0.391 e. The van der Waals surface area contributed by atoms with Crippen LogP contribution in [0.5, 0.6) is 11.5 Å². The van der Waals surface area contributed by atoms with Crippen LogP contribution in [0.4, 0.5) is 13.2 Å². The fourth-order valence-electron chi connectivity index (χ4n) is 7.80. The molecule has 2 aromatic carbocycles. The number of carboxylic acids is 1. The second-order valence-electron chi connectivity index (χ2n) is 17.2. The van der Waals surface area contributed by atoms with Crippen LogP contribution >= 0.6 is 0 Å². The van der Waals surface area contributed by atoms with Crippen molar-refractivity contribution in [3.63, 3.8) is 0 Å². The van der Waals surface area contributed by atoms with Gasteiger partial charge in [0.2, 0.25) is 35.4 Å². The molecule has 67 heavy (non-hydrogen) atoms. The van der Waals surface area contributed by atoms with Gasteiger partial charge in [0.05, 0.1) is 19.6 Å². The molecular weight excluding hydrogens is 882 g/mol. The largest absolute Gasteiger partial charge is 0.507 e. The van der Waals surface area contributed by atoms with Crippen molar-refractivity contribution in [2.24, 2.45) is 0 Å². The maximum atomic E-state index is 14.0. The predicted octanol–water partition coefficient (Wildman–Crippen LogP) is 4.75. The number of aromatic hydroxyl groups is 2. The summed E-state index contributed by atoms with van der Waals surface area (Å²) in [6.07, 6.45) is 7.45. The Morgan fingerprint density at radius 2 is 1.33 bits per heavy atom. The molecule has 0 fully saturated rings. The van der Waals surface area contributed by atoms with Crippen LogP contribution in [0.2, 0.25) is 0 Å². The number of phenols is 2. The lowest BCUT2D eigenvalue weighted by Crippen LogP contribution is -2.56. The molecule has 1 aliphatic heterocycles. The number of alkyl halides is 3. The summed E-state index contributed by atoms with van der Waals surface area (Å²) >= 11 is 0. The van der Waals surface area contributed by atoms with Crippen LogP contribution in [0.1, 0.15) is 127 Å². The molecule has 0 aliphatic carbocycles. The molecular formula is C47H67F3N6O11. The Morgan fingerprint density at radius 1 is 0.776 bits per heavy atom. The van der Waals surface area contributed by atoms with Crippen molar-refractivity contribution in [2.75, 3.05) is 27.2 Å². The van der Waals surface area contributed by atoms with Gasteiger partial charge >= 0.3 is 12.1 Å². The molecule has 5 unspecified atom stereocenters. The van der Waals surface area contributed by atoms with Crippen LogP contribution in [-0.4, -0.2) is 129 Å². The van der Waals surface area contributed by atoms with Crippen molar-refractivity contribution in [3.05, 3.63) is 47.5 Å². The lowest BCUT2D eigenvalue weighted by atomic mass is 9.93. The topological polar surface area (TPSA) is 255 Å². The zero-order valence-corrected chi connectivity index (χ0v) is 38.8. The molecule has 0 radical (unpaired) electrons. The van der Waals surface area contributed by atoms with Gasteiger partial charge in [-0.1, -0.05) is 96.1 Å². The number of aliphatic carboxylic acids is 1. The lowest BCUT2D eigenvalue weighted by Gasteiger charge is -2.31. The van der Waals surface area contributed by atoms with Crippen LogP contribution in [0.15, 0.2) is 36.4 Å². The van der Waals surface area contributed by atoms with Gasteiger partial charge in [-0.2, -0.15) is 13.2 Å². The number of carboxylic acid groups (broad SMARTS) is 1. The zero-order chi connectivity index (χ0) is 49.8. The molecule has 3 rings (SSSR count). The summed E-state index contributed by atoms with van der Waals surface area (Å²) in [4.78, 5) is 94.1. The fraction of sp³-hybridized carbons (Fsp3) is 0.596. The number of halogens is 3. The van der Waals surface area contributed by atoms with Gasteiger partial charge in [-0.15, -0.1) is 0 Å². The number of unbranched alkanes of at least 4 members (excludes halogenated alkanes) is 12. The number of nitrogens with zero attached hydrogens (tertiary/aromatic N) is 2. The SMILES string of the molecule is CCCCCCCCCCCCCCCC(=O)N(C)C(CO)C(=O)NC(C)C(=O)NCC(=O)N(C)C1C(=O)NC(CC(F)(F)F)C(=O)NC(C(=O)O)Cc2ccc(O)c(c2)-c2cc1ccc2O. The Hall–Kier alpha value is -5.92. The van der Waals surface area contributed by atoms with Gasteiger partial charge in [-0.25, -0.2) is 4.79 Å². The number of benzene rings is 2. The molecule has 6 amide bonds. The fourth-order valence-corrected chi connectivity index (χ4v) is 7.80. The molecule has 0 saturated carbocycles. The summed E-state index contributed by atoms with van der Waals surface area (Å²) in [6.45, 7) is 1.90. The average molecular weight is 949 g/mol. The predicted molar refractivity (Wildman–Crippen MR) is 241 cm³/mol. The molecule has 0 saturated heterocycles. The molecule has 17 nitrogen and oxygen atoms in total. The van der Waals surface area contributed by atoms with Gasteiger partial charge in [-0.05, 0) is 48.7 Å². The Balaban J connectivity index is 1.68. The Labute approximate surface area is 389 Å². The number of hydrogen-bond donors (Lipinski definition) is 8. The van der Waals surface area contributed by atoms with E-state index in [1.165, 1.54) is 95.7 Å². The first-order valence-electron chi connectivity index (χ1n) is 22.9. The highest BCUT2D eigenvalue weighted by atomic mass is 19.4. The normalized spacial score (nSPS) is 17.2. The lowest BCUT2D eigenvalue weighted by molar-refractivity contribution is -0.154. The number of amides is 6. The Kier molecular flexibility index (Phi) is 22.4. The van der Waals surface area contributed by atoms with Crippen LogP contribution in [0.25, 0.3) is 11.1 Å². The summed E-state index contributed by atoms with van der Waals surface area (Å²) in [7, 11) is 2.45. The van der Waals surface area contributed by atoms with Gasteiger partial charge in [0, 0.05) is 38.1 Å². The Morgan fingerprint density at radius 3 is 1.88 bits per heavy atom. The van der Waals surface area contributed by atoms with E-state index < -0.39 is 109 Å². The Bertz CT molecular complexity index is 2020. The third kappa shape index (κ3) is 17.7. The molecule has 5 atom stereocenters. The summed E-state index contributed by atoms with van der Waals surface area (Å²) in [5, 5.41) is 50.2. The number of carbonyl (C=O) groups excluding carboxylic acids is 6. The van der Waals surface area contributed by atoms with E-state index in [2.05, 4.69) is 17.6 Å². The molecule has 372 valence electrons. The van der Waals surface area contributed by atoms with E-state index in [0.29, 0.717) is 6.42 Å². The van der Waals surface area contributed by atoms with Gasteiger partial charge in [0.25, 0.3) is 0 Å². The third-order valence-corrected chi connectivity index (χ3v) is 11.8. The standard InChI is InChI=1S/C47H67F3N6O11/c1-5-6-7-8-9-10-11-12-13-14-15-16-17-18-39(60)55(3)36(28-57)44(64)52-29(2)42(62)51-27-40(61)56(4)41-31-20-22-38(59)33(25-31)32-23-30(19-21-37(32)58)24-34(46(66)67)53-43(63)35(54-45(41)65)26-47(48,49)50/h19-23,25,29,34-36,41,57-59H,5-18,24,26-28H2,1-4H3,(H,51,62)(H,52,64)(H,53,63)(H,54,65)(H,66,67). The first-order chi connectivity index (χ1) is 31.7. The monoisotopic (exact) mass is 948 g/mol. The number of likely N-dealkylation sites (N-methyl/N-ethyl adjacent to an activating group) is 2. The van der Waals surface area contributed by atoms with Crippen LogP contribution in [0.3, 0.4) is 0 Å². The molecule has 1 heterocycles. The number of aliphatic hydroxyl groups is 1. The molecule has 0 aromatic heterocycles. The van der Waals surface area contributed by atoms with Crippen molar-refractivity contribution in [1.82, 2.24) is 31.1 Å². The second kappa shape index (κ2) is 27.0. The van der Waals surface area contributed by atoms with E-state index in [4.69, 9.17) is 0 Å². The van der Waals surface area contributed by atoms with Crippen LogP contribution < -0.4 is 21.3 Å². The number of fused-ring (bicyclic) bond motifs is 5. The number of nitrogens with one attached hydrogen (secondary N) is 4. The van der Waals surface area contributed by atoms with E-state index in [9.17, 15) is 67.2 Å². The molecule has 2 aromatic rings. The van der Waals surface area contributed by atoms with E-state index in [0.717, 1.165) is 48.6 Å². The number of hydrogen-bond acceptors (Lipinski definition) is 10. The number of phenolic OH excluding ortho intramolecular Hbond substituents is 2. The number of rotatable bonds is 24. The number of carbonyl (C=O) groups is 7. The zero-order valence-electron chi connectivity index (χ0n) is 38.8. The van der Waals surface area contributed by atoms with E-state index in [-0.39, 0.29) is 34.6 Å². The summed E-state index contributed by atoms with van der Waals surface area (Å²) in [6, 6.07) is -1.47. The molecule has 8 N–H and O–H groups in total. The highest BCUT2D eigenvalue weighted by Crippen LogP contribution is 2.39. The number of aliphatic hydroxyl groups excluding tert-OH is 1. The minimum Gasteiger partial charge on any atom is -0.507 e. The van der Waals surface area contributed by atoms with E-state index in [1.807, 2.05) is 10.6 Å². The van der Waals surface area contributed by atoms with Gasteiger partial charge < -0.3 is 51.5 Å². The first kappa shape index (κ1) is 55.4. The highest BCUT2D eigenvalue weighted by molar-refractivity contribution is 5.96. The minimum absolute atomic E-state index is 0.0513. The van der Waals surface area contributed by atoms with E-state index >= 15 is 0 Å². The van der Waals surface area contributed by atoms with Crippen LogP contribution in [-0.2, 0) is 40.0 Å². The maximum absolute atomic E-state index is 14.0. The molecule has 0 spiro atoms. The quantitative estimate of drug-likeness (QED) is 0.0667. The highest BCUT2D eigenvalue weighted by Gasteiger charge is 2.40. The van der Waals surface area contributed by atoms with Crippen molar-refractivity contribution in [3.8, 4) is 22.6 Å². The van der Waals surface area contributed by atoms with Gasteiger partial charge in [0.1, 0.15) is 41.7 Å². The summed E-state index contributed by atoms with van der Waals surface area (Å²) in [5.41, 5.74) is -0.0883. The smallest absolute Gasteiger partial charge is 0.391 e. The second-order valence-corrected chi connectivity index (χ2v) is 17.2.